The molecule has 6 nitrogen and oxygen atoms in total. The third-order valence-electron chi connectivity index (χ3n) is 4.46. The minimum absolute atomic E-state index is 0.222. The highest BCUT2D eigenvalue weighted by Gasteiger charge is 2.25. The molecule has 0 radical (unpaired) electrons. The molecule has 2 aromatic rings. The fourth-order valence-corrected chi connectivity index (χ4v) is 3.22. The molecular weight excluding hydrogens is 321 g/mol. The molecule has 1 unspecified atom stereocenters. The molecule has 0 spiro atoms. The van der Waals surface area contributed by atoms with Crippen LogP contribution in [0.3, 0.4) is 0 Å². The predicted octanol–water partition coefficient (Wildman–Crippen LogP) is 2.52. The van der Waals surface area contributed by atoms with Gasteiger partial charge in [-0.05, 0) is 30.7 Å². The Morgan fingerprint density at radius 3 is 2.76 bits per heavy atom. The summed E-state index contributed by atoms with van der Waals surface area (Å²) in [6, 6.07) is 3.73. The molecule has 1 saturated heterocycles. The molecule has 2 aliphatic rings. The van der Waals surface area contributed by atoms with Gasteiger partial charge in [0, 0.05) is 19.5 Å². The minimum atomic E-state index is -1.36. The Morgan fingerprint density at radius 2 is 2.00 bits per heavy atom. The highest BCUT2D eigenvalue weighted by Crippen LogP contribution is 2.33. The fraction of sp³-hybridized carbons (Fsp3) is 0.389. The number of morpholine rings is 1. The summed E-state index contributed by atoms with van der Waals surface area (Å²) in [6.07, 6.45) is 5.51. The van der Waals surface area contributed by atoms with Crippen LogP contribution < -0.4 is 10.6 Å². The van der Waals surface area contributed by atoms with Gasteiger partial charge in [-0.15, -0.1) is 0 Å². The Kier molecular flexibility index (Phi) is 3.88. The van der Waals surface area contributed by atoms with Crippen molar-refractivity contribution in [1.29, 1.82) is 0 Å². The van der Waals surface area contributed by atoms with Crippen molar-refractivity contribution >= 4 is 28.4 Å². The number of anilines is 2. The van der Waals surface area contributed by atoms with Crippen LogP contribution in [-0.4, -0.2) is 46.9 Å². The van der Waals surface area contributed by atoms with Gasteiger partial charge < -0.3 is 15.4 Å². The lowest BCUT2D eigenvalue weighted by Gasteiger charge is -2.28. The number of nitrogens with two attached hydrogens (primary N) is 1. The molecule has 0 amide bonds. The monoisotopic (exact) mass is 341 g/mol. The van der Waals surface area contributed by atoms with E-state index in [9.17, 15) is 4.39 Å². The van der Waals surface area contributed by atoms with Gasteiger partial charge in [0.15, 0.2) is 5.82 Å². The average Bonchev–Trinajstić information content (AvgIpc) is 2.60. The first-order valence-electron chi connectivity index (χ1n) is 8.36. The number of alkyl halides is 1. The van der Waals surface area contributed by atoms with Crippen LogP contribution >= 0.6 is 0 Å². The van der Waals surface area contributed by atoms with Gasteiger partial charge in [-0.2, -0.15) is 4.98 Å². The van der Waals surface area contributed by atoms with E-state index in [1.54, 1.807) is 19.1 Å². The van der Waals surface area contributed by atoms with Crippen LogP contribution in [0.25, 0.3) is 16.6 Å². The number of nitrogen functional groups attached to an aromatic ring is 1. The van der Waals surface area contributed by atoms with Crippen LogP contribution in [0.15, 0.2) is 30.4 Å². The summed E-state index contributed by atoms with van der Waals surface area (Å²) in [5, 5.41) is 0. The summed E-state index contributed by atoms with van der Waals surface area (Å²) >= 11 is 0. The highest BCUT2D eigenvalue weighted by atomic mass is 19.1. The lowest BCUT2D eigenvalue weighted by Crippen LogP contribution is -2.37. The fourth-order valence-electron chi connectivity index (χ4n) is 3.22. The van der Waals surface area contributed by atoms with Gasteiger partial charge >= 0.3 is 0 Å². The minimum Gasteiger partial charge on any atom is -0.378 e. The van der Waals surface area contributed by atoms with Gasteiger partial charge in [-0.25, -0.2) is 14.4 Å². The van der Waals surface area contributed by atoms with Gasteiger partial charge in [-0.3, -0.25) is 0 Å². The predicted molar refractivity (Wildman–Crippen MR) is 96.0 cm³/mol. The molecule has 3 heterocycles. The highest BCUT2D eigenvalue weighted by molar-refractivity contribution is 5.88. The van der Waals surface area contributed by atoms with Gasteiger partial charge in [0.2, 0.25) is 5.95 Å². The van der Waals surface area contributed by atoms with Gasteiger partial charge in [0.05, 0.1) is 24.4 Å². The van der Waals surface area contributed by atoms with Crippen molar-refractivity contribution in [2.75, 3.05) is 36.9 Å². The molecule has 0 aromatic carbocycles. The maximum Gasteiger partial charge on any atom is 0.222 e. The van der Waals surface area contributed by atoms with Gasteiger partial charge in [0.1, 0.15) is 11.2 Å². The first-order chi connectivity index (χ1) is 12.0. The average molecular weight is 341 g/mol. The van der Waals surface area contributed by atoms with E-state index in [-0.39, 0.29) is 5.95 Å². The summed E-state index contributed by atoms with van der Waals surface area (Å²) in [5.41, 5.74) is 7.49. The van der Waals surface area contributed by atoms with Crippen molar-refractivity contribution in [2.45, 2.75) is 19.0 Å². The molecular formula is C18H20FN5O. The van der Waals surface area contributed by atoms with E-state index in [1.807, 2.05) is 18.2 Å². The van der Waals surface area contributed by atoms with Crippen LogP contribution in [0.1, 0.15) is 19.0 Å². The van der Waals surface area contributed by atoms with E-state index in [1.165, 1.54) is 0 Å². The van der Waals surface area contributed by atoms with Crippen molar-refractivity contribution < 1.29 is 9.13 Å². The van der Waals surface area contributed by atoms with E-state index in [4.69, 9.17) is 15.5 Å². The largest absolute Gasteiger partial charge is 0.378 e. The third-order valence-corrected chi connectivity index (χ3v) is 4.46. The molecule has 0 bridgehead atoms. The van der Waals surface area contributed by atoms with Crippen molar-refractivity contribution in [2.24, 2.45) is 0 Å². The summed E-state index contributed by atoms with van der Waals surface area (Å²) in [5.74, 6) is 0.933. The van der Waals surface area contributed by atoms with E-state index >= 15 is 0 Å². The number of allylic oxidation sites excluding steroid dienone is 4. The maximum absolute atomic E-state index is 14.3. The van der Waals surface area contributed by atoms with Crippen LogP contribution in [-0.2, 0) is 4.74 Å². The summed E-state index contributed by atoms with van der Waals surface area (Å²) in [6.45, 7) is 4.31. The molecule has 1 fully saturated rings. The lowest BCUT2D eigenvalue weighted by atomic mass is 9.91. The topological polar surface area (TPSA) is 77.2 Å². The van der Waals surface area contributed by atoms with Crippen molar-refractivity contribution in [3.8, 4) is 0 Å². The standard InChI is InChI=1S/C18H20FN5O/c1-18(19)6-2-3-12(11-18)13-4-5-14-15(21-13)16(23-17(20)22-14)24-7-9-25-10-8-24/h2-6H,7-11H2,1H3,(H2,20,22,23). The number of hydrogen-bond acceptors (Lipinski definition) is 6. The number of halogens is 1. The van der Waals surface area contributed by atoms with Crippen molar-refractivity contribution in [3.63, 3.8) is 0 Å². The summed E-state index contributed by atoms with van der Waals surface area (Å²) < 4.78 is 19.7. The molecule has 1 aliphatic carbocycles. The van der Waals surface area contributed by atoms with Crippen LogP contribution in [0.4, 0.5) is 16.2 Å². The van der Waals surface area contributed by atoms with Gasteiger partial charge in [0.25, 0.3) is 0 Å². The van der Waals surface area contributed by atoms with E-state index in [2.05, 4.69) is 14.9 Å². The summed E-state index contributed by atoms with van der Waals surface area (Å²) in [7, 11) is 0. The van der Waals surface area contributed by atoms with Crippen LogP contribution in [0.2, 0.25) is 0 Å². The molecule has 130 valence electrons. The van der Waals surface area contributed by atoms with Gasteiger partial charge in [-0.1, -0.05) is 12.2 Å². The zero-order valence-corrected chi connectivity index (χ0v) is 14.1. The molecule has 2 aromatic heterocycles. The number of rotatable bonds is 2. The Balaban J connectivity index is 1.80. The molecule has 25 heavy (non-hydrogen) atoms. The third kappa shape index (κ3) is 3.19. The number of fused-ring (bicyclic) bond motifs is 1. The first-order valence-corrected chi connectivity index (χ1v) is 8.36. The van der Waals surface area contributed by atoms with Crippen LogP contribution in [0, 0.1) is 0 Å². The quantitative estimate of drug-likeness (QED) is 0.904. The number of aromatic nitrogens is 3. The smallest absolute Gasteiger partial charge is 0.222 e. The zero-order chi connectivity index (χ0) is 17.4. The summed E-state index contributed by atoms with van der Waals surface area (Å²) in [4.78, 5) is 15.5. The van der Waals surface area contributed by atoms with Crippen molar-refractivity contribution in [3.05, 3.63) is 36.1 Å². The van der Waals surface area contributed by atoms with Crippen molar-refractivity contribution in [1.82, 2.24) is 15.0 Å². The molecule has 0 saturated carbocycles. The van der Waals surface area contributed by atoms with Crippen LogP contribution in [0.5, 0.6) is 0 Å². The molecule has 4 rings (SSSR count). The normalized spacial score (nSPS) is 23.8. The SMILES string of the molecule is CC1(F)C=CC=C(c2ccc3nc(N)nc(N4CCOCC4)c3n2)C1. The molecule has 1 atom stereocenters. The number of nitrogens with zero attached hydrogens (tertiary/aromatic N) is 4. The Morgan fingerprint density at radius 1 is 1.20 bits per heavy atom. The van der Waals surface area contributed by atoms with E-state index in [0.29, 0.717) is 36.5 Å². The van der Waals surface area contributed by atoms with E-state index < -0.39 is 5.67 Å². The Labute approximate surface area is 145 Å². The second kappa shape index (κ2) is 6.07. The Bertz CT molecular complexity index is 871. The molecule has 2 N–H and O–H groups in total. The number of hydrogen-bond donors (Lipinski definition) is 1. The first kappa shape index (κ1) is 16.0. The molecule has 1 aliphatic heterocycles. The number of ether oxygens (including phenoxy) is 1. The van der Waals surface area contributed by atoms with E-state index in [0.717, 1.165) is 24.4 Å². The number of pyridine rings is 1. The molecule has 7 heteroatoms. The zero-order valence-electron chi connectivity index (χ0n) is 14.1. The second-order valence-electron chi connectivity index (χ2n) is 6.57. The second-order valence-corrected chi connectivity index (χ2v) is 6.57. The maximum atomic E-state index is 14.3. The Hall–Kier alpha value is -2.54. The lowest BCUT2D eigenvalue weighted by molar-refractivity contribution is 0.122.